The van der Waals surface area contributed by atoms with Gasteiger partial charge in [0.2, 0.25) is 0 Å². The fourth-order valence-corrected chi connectivity index (χ4v) is 2.84. The first-order chi connectivity index (χ1) is 8.20. The summed E-state index contributed by atoms with van der Waals surface area (Å²) < 4.78 is 5.40. The molecule has 0 spiro atoms. The van der Waals surface area contributed by atoms with Crippen LogP contribution in [0.25, 0.3) is 0 Å². The molecule has 0 aliphatic carbocycles. The second kappa shape index (κ2) is 5.54. The smallest absolute Gasteiger partial charge is 0.124 e. The van der Waals surface area contributed by atoms with Gasteiger partial charge >= 0.3 is 0 Å². The summed E-state index contributed by atoms with van der Waals surface area (Å²) in [5.41, 5.74) is 3.96. The highest BCUT2D eigenvalue weighted by Crippen LogP contribution is 2.26. The predicted octanol–water partition coefficient (Wildman–Crippen LogP) is 2.85. The average molecular weight is 233 g/mol. The molecule has 1 aliphatic heterocycles. The van der Waals surface area contributed by atoms with Gasteiger partial charge in [-0.15, -0.1) is 0 Å². The molecule has 0 aromatic heterocycles. The second-order valence-corrected chi connectivity index (χ2v) is 5.16. The number of methoxy groups -OCH3 is 1. The van der Waals surface area contributed by atoms with Gasteiger partial charge in [-0.05, 0) is 68.8 Å². The highest BCUT2D eigenvalue weighted by Gasteiger charge is 2.14. The lowest BCUT2D eigenvalue weighted by atomic mass is 9.96. The molecular formula is C15H23NO. The standard InChI is InChI=1S/C15H23NO/c1-11-8-14(9-12(2)15(11)17-3)5-4-13-6-7-16-10-13/h8-9,13,16H,4-7,10H2,1-3H3. The Balaban J connectivity index is 2.01. The summed E-state index contributed by atoms with van der Waals surface area (Å²) in [4.78, 5) is 0. The van der Waals surface area contributed by atoms with Gasteiger partial charge in [0, 0.05) is 0 Å². The Morgan fingerprint density at radius 2 is 2.00 bits per heavy atom. The molecule has 1 fully saturated rings. The molecule has 0 saturated carbocycles. The van der Waals surface area contributed by atoms with Gasteiger partial charge in [-0.25, -0.2) is 0 Å². The van der Waals surface area contributed by atoms with Crippen molar-refractivity contribution in [3.8, 4) is 5.75 Å². The van der Waals surface area contributed by atoms with E-state index < -0.39 is 0 Å². The van der Waals surface area contributed by atoms with Gasteiger partial charge in [-0.1, -0.05) is 12.1 Å². The van der Waals surface area contributed by atoms with Crippen molar-refractivity contribution in [3.05, 3.63) is 28.8 Å². The van der Waals surface area contributed by atoms with Crippen LogP contribution in [-0.2, 0) is 6.42 Å². The Morgan fingerprint density at radius 1 is 1.29 bits per heavy atom. The van der Waals surface area contributed by atoms with Crippen LogP contribution in [0.1, 0.15) is 29.5 Å². The van der Waals surface area contributed by atoms with E-state index in [2.05, 4.69) is 31.3 Å². The summed E-state index contributed by atoms with van der Waals surface area (Å²) in [6.45, 7) is 6.67. The van der Waals surface area contributed by atoms with Crippen molar-refractivity contribution in [3.63, 3.8) is 0 Å². The van der Waals surface area contributed by atoms with Crippen LogP contribution in [0.2, 0.25) is 0 Å². The lowest BCUT2D eigenvalue weighted by Gasteiger charge is -2.13. The summed E-state index contributed by atoms with van der Waals surface area (Å²) in [7, 11) is 1.75. The van der Waals surface area contributed by atoms with Gasteiger partial charge in [0.25, 0.3) is 0 Å². The van der Waals surface area contributed by atoms with E-state index in [1.54, 1.807) is 7.11 Å². The van der Waals surface area contributed by atoms with Crippen LogP contribution >= 0.6 is 0 Å². The Labute approximate surface area is 104 Å². The molecule has 1 heterocycles. The number of nitrogens with one attached hydrogen (secondary N) is 1. The van der Waals surface area contributed by atoms with Crippen molar-refractivity contribution >= 4 is 0 Å². The molecule has 2 rings (SSSR count). The third-order valence-corrected chi connectivity index (χ3v) is 3.73. The molecule has 1 N–H and O–H groups in total. The van der Waals surface area contributed by atoms with E-state index in [0.29, 0.717) is 0 Å². The molecule has 1 saturated heterocycles. The minimum Gasteiger partial charge on any atom is -0.496 e. The number of rotatable bonds is 4. The molecule has 0 bridgehead atoms. The first-order valence-corrected chi connectivity index (χ1v) is 6.55. The molecule has 2 heteroatoms. The first kappa shape index (κ1) is 12.4. The molecule has 0 radical (unpaired) electrons. The Hall–Kier alpha value is -1.02. The molecular weight excluding hydrogens is 210 g/mol. The minimum absolute atomic E-state index is 0.873. The molecule has 1 aromatic rings. The fraction of sp³-hybridized carbons (Fsp3) is 0.600. The Bertz CT molecular complexity index is 358. The third kappa shape index (κ3) is 3.01. The Kier molecular flexibility index (Phi) is 4.06. The quantitative estimate of drug-likeness (QED) is 0.863. The molecule has 2 nitrogen and oxygen atoms in total. The van der Waals surface area contributed by atoms with Crippen molar-refractivity contribution in [2.75, 3.05) is 20.2 Å². The monoisotopic (exact) mass is 233 g/mol. The normalized spacial score (nSPS) is 19.6. The number of ether oxygens (including phenoxy) is 1. The first-order valence-electron chi connectivity index (χ1n) is 6.55. The SMILES string of the molecule is COc1c(C)cc(CCC2CCNC2)cc1C. The summed E-state index contributed by atoms with van der Waals surface area (Å²) in [6, 6.07) is 4.54. The van der Waals surface area contributed by atoms with Crippen LogP contribution in [-0.4, -0.2) is 20.2 Å². The van der Waals surface area contributed by atoms with E-state index in [-0.39, 0.29) is 0 Å². The molecule has 1 aromatic carbocycles. The van der Waals surface area contributed by atoms with Crippen LogP contribution in [0, 0.1) is 19.8 Å². The summed E-state index contributed by atoms with van der Waals surface area (Å²) >= 11 is 0. The van der Waals surface area contributed by atoms with Gasteiger partial charge < -0.3 is 10.1 Å². The summed E-state index contributed by atoms with van der Waals surface area (Å²) in [5, 5.41) is 3.43. The van der Waals surface area contributed by atoms with Crippen LogP contribution in [0.3, 0.4) is 0 Å². The van der Waals surface area contributed by atoms with Gasteiger partial charge in [-0.2, -0.15) is 0 Å². The third-order valence-electron chi connectivity index (χ3n) is 3.73. The lowest BCUT2D eigenvalue weighted by molar-refractivity contribution is 0.408. The highest BCUT2D eigenvalue weighted by molar-refractivity contribution is 5.43. The van der Waals surface area contributed by atoms with Gasteiger partial charge in [0.05, 0.1) is 7.11 Å². The van der Waals surface area contributed by atoms with Crippen LogP contribution in [0.4, 0.5) is 0 Å². The second-order valence-electron chi connectivity index (χ2n) is 5.16. The maximum absolute atomic E-state index is 5.40. The zero-order valence-electron chi connectivity index (χ0n) is 11.2. The lowest BCUT2D eigenvalue weighted by Crippen LogP contribution is -2.09. The topological polar surface area (TPSA) is 21.3 Å². The summed E-state index contributed by atoms with van der Waals surface area (Å²) in [5.74, 6) is 1.91. The molecule has 17 heavy (non-hydrogen) atoms. The molecule has 1 aliphatic rings. The molecule has 0 amide bonds. The summed E-state index contributed by atoms with van der Waals surface area (Å²) in [6.07, 6.45) is 3.84. The number of hydrogen-bond acceptors (Lipinski definition) is 2. The van der Waals surface area contributed by atoms with E-state index >= 15 is 0 Å². The van der Waals surface area contributed by atoms with Crippen LogP contribution in [0.5, 0.6) is 5.75 Å². The predicted molar refractivity (Wildman–Crippen MR) is 71.8 cm³/mol. The zero-order chi connectivity index (χ0) is 12.3. The highest BCUT2D eigenvalue weighted by atomic mass is 16.5. The van der Waals surface area contributed by atoms with Crippen molar-refractivity contribution in [2.45, 2.75) is 33.1 Å². The van der Waals surface area contributed by atoms with E-state index in [1.807, 2.05) is 0 Å². The fourth-order valence-electron chi connectivity index (χ4n) is 2.84. The van der Waals surface area contributed by atoms with Crippen LogP contribution < -0.4 is 10.1 Å². The molecule has 94 valence electrons. The van der Waals surface area contributed by atoms with Crippen molar-refractivity contribution < 1.29 is 4.74 Å². The van der Waals surface area contributed by atoms with Crippen molar-refractivity contribution in [1.82, 2.24) is 5.32 Å². The van der Waals surface area contributed by atoms with Crippen molar-refractivity contribution in [2.24, 2.45) is 5.92 Å². The van der Waals surface area contributed by atoms with Gasteiger partial charge in [-0.3, -0.25) is 0 Å². The zero-order valence-corrected chi connectivity index (χ0v) is 11.2. The maximum Gasteiger partial charge on any atom is 0.124 e. The minimum atomic E-state index is 0.873. The maximum atomic E-state index is 5.40. The van der Waals surface area contributed by atoms with E-state index in [1.165, 1.54) is 49.0 Å². The molecule has 1 atom stereocenters. The van der Waals surface area contributed by atoms with Crippen LogP contribution in [0.15, 0.2) is 12.1 Å². The van der Waals surface area contributed by atoms with Gasteiger partial charge in [0.1, 0.15) is 5.75 Å². The number of benzene rings is 1. The van der Waals surface area contributed by atoms with E-state index in [9.17, 15) is 0 Å². The van der Waals surface area contributed by atoms with Crippen molar-refractivity contribution in [1.29, 1.82) is 0 Å². The number of aryl methyl sites for hydroxylation is 3. The largest absolute Gasteiger partial charge is 0.496 e. The van der Waals surface area contributed by atoms with E-state index in [0.717, 1.165) is 11.7 Å². The Morgan fingerprint density at radius 3 is 2.53 bits per heavy atom. The average Bonchev–Trinajstić information content (AvgIpc) is 2.79. The van der Waals surface area contributed by atoms with Gasteiger partial charge in [0.15, 0.2) is 0 Å². The number of hydrogen-bond donors (Lipinski definition) is 1. The molecule has 1 unspecified atom stereocenters. The van der Waals surface area contributed by atoms with E-state index in [4.69, 9.17) is 4.74 Å².